The van der Waals surface area contributed by atoms with Gasteiger partial charge in [0.1, 0.15) is 5.76 Å². The van der Waals surface area contributed by atoms with Crippen LogP contribution in [0.3, 0.4) is 0 Å². The van der Waals surface area contributed by atoms with Crippen LogP contribution in [0.1, 0.15) is 62.4 Å². The van der Waals surface area contributed by atoms with Crippen molar-refractivity contribution in [2.45, 2.75) is 52.0 Å². The van der Waals surface area contributed by atoms with E-state index in [1.165, 1.54) is 11.3 Å². The third kappa shape index (κ3) is 6.25. The number of benzene rings is 1. The molecule has 1 aliphatic rings. The van der Waals surface area contributed by atoms with E-state index in [1.807, 2.05) is 17.5 Å². The van der Waals surface area contributed by atoms with E-state index in [9.17, 15) is 14.7 Å². The molecule has 1 aromatic carbocycles. The first-order valence-electron chi connectivity index (χ1n) is 11.8. The number of hydrogen-bond acceptors (Lipinski definition) is 5. The Balaban J connectivity index is 1.83. The van der Waals surface area contributed by atoms with Gasteiger partial charge in [0, 0.05) is 22.0 Å². The second-order valence-corrected chi connectivity index (χ2v) is 9.83. The Labute approximate surface area is 205 Å². The van der Waals surface area contributed by atoms with E-state index in [2.05, 4.69) is 18.7 Å². The van der Waals surface area contributed by atoms with Crippen molar-refractivity contribution in [3.8, 4) is 0 Å². The normalized spacial score (nSPS) is 17.9. The van der Waals surface area contributed by atoms with Crippen molar-refractivity contribution in [1.29, 1.82) is 0 Å². The molecule has 7 heteroatoms. The Bertz CT molecular complexity index is 948. The molecule has 33 heavy (non-hydrogen) atoms. The predicted octanol–water partition coefficient (Wildman–Crippen LogP) is 6.12. The van der Waals surface area contributed by atoms with Crippen LogP contribution in [0.5, 0.6) is 0 Å². The fraction of sp³-hybridized carbons (Fsp3) is 0.462. The number of Topliss-reactive ketones (excluding diaryl/α,β-unsaturated/α-hetero) is 1. The molecule has 2 heterocycles. The molecule has 5 nitrogen and oxygen atoms in total. The van der Waals surface area contributed by atoms with E-state index < -0.39 is 17.7 Å². The second kappa shape index (κ2) is 12.4. The molecule has 2 aromatic rings. The molecule has 1 fully saturated rings. The summed E-state index contributed by atoms with van der Waals surface area (Å²) in [4.78, 5) is 31.0. The van der Waals surface area contributed by atoms with Gasteiger partial charge in [-0.3, -0.25) is 9.59 Å². The van der Waals surface area contributed by atoms with Crippen LogP contribution < -0.4 is 0 Å². The summed E-state index contributed by atoms with van der Waals surface area (Å²) >= 11 is 7.46. The first-order chi connectivity index (χ1) is 16.0. The lowest BCUT2D eigenvalue weighted by Crippen LogP contribution is -2.34. The Kier molecular flexibility index (Phi) is 9.53. The number of unbranched alkanes of at least 4 members (excludes halogenated alkanes) is 2. The Morgan fingerprint density at radius 3 is 2.24 bits per heavy atom. The van der Waals surface area contributed by atoms with Gasteiger partial charge in [0.15, 0.2) is 0 Å². The number of likely N-dealkylation sites (tertiary alicyclic amines) is 1. The molecule has 0 saturated carbocycles. The van der Waals surface area contributed by atoms with Crippen molar-refractivity contribution < 1.29 is 14.7 Å². The molecule has 178 valence electrons. The molecule has 1 atom stereocenters. The molecule has 0 spiro atoms. The van der Waals surface area contributed by atoms with E-state index in [4.69, 9.17) is 11.6 Å². The Morgan fingerprint density at radius 2 is 1.67 bits per heavy atom. The number of ketones is 1. The number of thiophene rings is 1. The van der Waals surface area contributed by atoms with Gasteiger partial charge in [-0.25, -0.2) is 0 Å². The number of aliphatic hydroxyl groups excluding tert-OH is 1. The molecule has 0 bridgehead atoms. The monoisotopic (exact) mass is 488 g/mol. The zero-order valence-corrected chi connectivity index (χ0v) is 21.0. The average molecular weight is 489 g/mol. The largest absolute Gasteiger partial charge is 0.507 e. The van der Waals surface area contributed by atoms with Gasteiger partial charge in [0.2, 0.25) is 0 Å². The van der Waals surface area contributed by atoms with Gasteiger partial charge in [-0.1, -0.05) is 44.4 Å². The minimum atomic E-state index is -0.630. The quantitative estimate of drug-likeness (QED) is 0.222. The minimum absolute atomic E-state index is 0.151. The van der Waals surface area contributed by atoms with Crippen LogP contribution in [0.25, 0.3) is 5.76 Å². The van der Waals surface area contributed by atoms with Gasteiger partial charge >= 0.3 is 0 Å². The topological polar surface area (TPSA) is 60.9 Å². The summed E-state index contributed by atoms with van der Waals surface area (Å²) in [6.45, 7) is 7.86. The van der Waals surface area contributed by atoms with Crippen LogP contribution in [-0.4, -0.2) is 52.8 Å². The molecule has 0 aliphatic carbocycles. The van der Waals surface area contributed by atoms with Gasteiger partial charge in [-0.05, 0) is 74.6 Å². The summed E-state index contributed by atoms with van der Waals surface area (Å²) in [5.41, 5.74) is 0.628. The molecule has 1 N–H and O–H groups in total. The molecule has 1 aliphatic heterocycles. The molecule has 3 rings (SSSR count). The lowest BCUT2D eigenvalue weighted by molar-refractivity contribution is -0.139. The number of amides is 1. The van der Waals surface area contributed by atoms with Crippen LogP contribution in [0.4, 0.5) is 0 Å². The van der Waals surface area contributed by atoms with E-state index in [1.54, 1.807) is 29.2 Å². The smallest absolute Gasteiger partial charge is 0.295 e. The maximum atomic E-state index is 13.0. The summed E-state index contributed by atoms with van der Waals surface area (Å²) in [5.74, 6) is -1.33. The highest BCUT2D eigenvalue weighted by molar-refractivity contribution is 7.10. The van der Waals surface area contributed by atoms with E-state index in [-0.39, 0.29) is 11.3 Å². The lowest BCUT2D eigenvalue weighted by atomic mass is 10.00. The van der Waals surface area contributed by atoms with Crippen molar-refractivity contribution in [2.24, 2.45) is 0 Å². The van der Waals surface area contributed by atoms with Crippen LogP contribution >= 0.6 is 22.9 Å². The molecule has 1 aromatic heterocycles. The summed E-state index contributed by atoms with van der Waals surface area (Å²) < 4.78 is 0. The number of hydrogen-bond donors (Lipinski definition) is 1. The summed E-state index contributed by atoms with van der Waals surface area (Å²) in [7, 11) is 0. The lowest BCUT2D eigenvalue weighted by Gasteiger charge is -2.26. The summed E-state index contributed by atoms with van der Waals surface area (Å²) in [6, 6.07) is 9.89. The Morgan fingerprint density at radius 1 is 1.03 bits per heavy atom. The molecule has 1 unspecified atom stereocenters. The highest BCUT2D eigenvalue weighted by Crippen LogP contribution is 2.41. The van der Waals surface area contributed by atoms with Gasteiger partial charge in [-0.15, -0.1) is 11.3 Å². The SMILES string of the molecule is CCCCN(CCCC)CCCN1C(=O)C(=O)/C(=C(\O)c2ccc(Cl)cc2)C1c1cccs1. The highest BCUT2D eigenvalue weighted by atomic mass is 35.5. The van der Waals surface area contributed by atoms with Crippen molar-refractivity contribution in [2.75, 3.05) is 26.2 Å². The molecular weight excluding hydrogens is 456 g/mol. The first-order valence-corrected chi connectivity index (χ1v) is 13.0. The fourth-order valence-corrected chi connectivity index (χ4v) is 5.15. The number of carbonyl (C=O) groups is 2. The second-order valence-electron chi connectivity index (χ2n) is 8.42. The zero-order chi connectivity index (χ0) is 23.8. The van der Waals surface area contributed by atoms with Crippen molar-refractivity contribution in [3.63, 3.8) is 0 Å². The molecular formula is C26H33ClN2O3S. The zero-order valence-electron chi connectivity index (χ0n) is 19.4. The van der Waals surface area contributed by atoms with Crippen LogP contribution in [0.15, 0.2) is 47.4 Å². The maximum absolute atomic E-state index is 13.0. The van der Waals surface area contributed by atoms with Crippen molar-refractivity contribution >= 4 is 40.4 Å². The number of nitrogens with zero attached hydrogens (tertiary/aromatic N) is 2. The van der Waals surface area contributed by atoms with E-state index in [0.717, 1.165) is 56.6 Å². The van der Waals surface area contributed by atoms with Gasteiger partial charge < -0.3 is 14.9 Å². The Hall–Kier alpha value is -2.15. The predicted molar refractivity (Wildman–Crippen MR) is 136 cm³/mol. The van der Waals surface area contributed by atoms with Gasteiger partial charge in [0.05, 0.1) is 11.6 Å². The number of aliphatic hydroxyl groups is 1. The summed E-state index contributed by atoms with van der Waals surface area (Å²) in [5, 5.41) is 13.5. The summed E-state index contributed by atoms with van der Waals surface area (Å²) in [6.07, 6.45) is 5.40. The van der Waals surface area contributed by atoms with Crippen molar-refractivity contribution in [3.05, 3.63) is 62.8 Å². The third-order valence-electron chi connectivity index (χ3n) is 6.00. The highest BCUT2D eigenvalue weighted by Gasteiger charge is 2.46. The van der Waals surface area contributed by atoms with Crippen LogP contribution in [0, 0.1) is 0 Å². The molecule has 1 amide bonds. The van der Waals surface area contributed by atoms with Crippen LogP contribution in [-0.2, 0) is 9.59 Å². The first kappa shape index (κ1) is 25.5. The standard InChI is InChI=1S/C26H33ClN2O3S/c1-3-5-14-28(15-6-4-2)16-8-17-29-23(21-9-7-18-33-21)22(25(31)26(29)32)24(30)19-10-12-20(27)13-11-19/h7,9-13,18,23,30H,3-6,8,14-17H2,1-2H3/b24-22-. The van der Waals surface area contributed by atoms with E-state index >= 15 is 0 Å². The van der Waals surface area contributed by atoms with E-state index in [0.29, 0.717) is 17.1 Å². The third-order valence-corrected chi connectivity index (χ3v) is 7.18. The maximum Gasteiger partial charge on any atom is 0.295 e. The molecule has 0 radical (unpaired) electrons. The van der Waals surface area contributed by atoms with Crippen LogP contribution in [0.2, 0.25) is 5.02 Å². The van der Waals surface area contributed by atoms with Gasteiger partial charge in [-0.2, -0.15) is 0 Å². The number of carbonyl (C=O) groups excluding carboxylic acids is 2. The average Bonchev–Trinajstić information content (AvgIpc) is 3.43. The fourth-order valence-electron chi connectivity index (χ4n) is 4.18. The number of rotatable bonds is 12. The van der Waals surface area contributed by atoms with Crippen molar-refractivity contribution in [1.82, 2.24) is 9.80 Å². The van der Waals surface area contributed by atoms with Gasteiger partial charge in [0.25, 0.3) is 11.7 Å². The molecule has 1 saturated heterocycles. The minimum Gasteiger partial charge on any atom is -0.507 e. The number of halogens is 1.